The van der Waals surface area contributed by atoms with Crippen LogP contribution in [0.25, 0.3) is 0 Å². The zero-order valence-corrected chi connectivity index (χ0v) is 11.3. The van der Waals surface area contributed by atoms with Crippen LogP contribution in [0, 0.1) is 5.92 Å². The number of nitrogens with one attached hydrogen (secondary N) is 1. The van der Waals surface area contributed by atoms with E-state index in [1.165, 1.54) is 25.7 Å². The van der Waals surface area contributed by atoms with E-state index in [-0.39, 0.29) is 0 Å². The summed E-state index contributed by atoms with van der Waals surface area (Å²) < 4.78 is 0. The second-order valence-electron chi connectivity index (χ2n) is 4.74. The first kappa shape index (κ1) is 13.0. The van der Waals surface area contributed by atoms with E-state index in [0.29, 0.717) is 15.7 Å². The van der Waals surface area contributed by atoms with Crippen molar-refractivity contribution in [1.82, 2.24) is 5.32 Å². The molecule has 3 N–H and O–H groups in total. The van der Waals surface area contributed by atoms with Crippen molar-refractivity contribution in [3.63, 3.8) is 0 Å². The SMILES string of the molecule is Nc1c(Cl)cc(CNCCCC2CC2)cc1Cl. The Balaban J connectivity index is 1.73. The summed E-state index contributed by atoms with van der Waals surface area (Å²) in [6.07, 6.45) is 5.48. The van der Waals surface area contributed by atoms with Crippen LogP contribution in [0.3, 0.4) is 0 Å². The van der Waals surface area contributed by atoms with Gasteiger partial charge in [-0.3, -0.25) is 0 Å². The van der Waals surface area contributed by atoms with Gasteiger partial charge in [0.2, 0.25) is 0 Å². The molecule has 0 saturated heterocycles. The van der Waals surface area contributed by atoms with Gasteiger partial charge >= 0.3 is 0 Å². The molecule has 0 bridgehead atoms. The molecule has 1 aliphatic rings. The molecule has 4 heteroatoms. The van der Waals surface area contributed by atoms with Crippen LogP contribution in [0.5, 0.6) is 0 Å². The summed E-state index contributed by atoms with van der Waals surface area (Å²) in [5.74, 6) is 1.01. The molecule has 1 aromatic rings. The van der Waals surface area contributed by atoms with Crippen molar-refractivity contribution < 1.29 is 0 Å². The summed E-state index contributed by atoms with van der Waals surface area (Å²) >= 11 is 11.9. The standard InChI is InChI=1S/C13H18Cl2N2/c14-11-6-10(7-12(15)13(11)16)8-17-5-1-2-9-3-4-9/h6-7,9,17H,1-5,8,16H2. The first-order valence-corrected chi connectivity index (χ1v) is 6.86. The van der Waals surface area contributed by atoms with Crippen molar-refractivity contribution in [2.75, 3.05) is 12.3 Å². The molecule has 2 rings (SSSR count). The van der Waals surface area contributed by atoms with Gasteiger partial charge in [-0.1, -0.05) is 36.0 Å². The number of hydrogen-bond acceptors (Lipinski definition) is 2. The molecule has 2 nitrogen and oxygen atoms in total. The Labute approximate surface area is 112 Å². The zero-order chi connectivity index (χ0) is 12.3. The number of rotatable bonds is 6. The molecule has 0 radical (unpaired) electrons. The highest BCUT2D eigenvalue weighted by molar-refractivity contribution is 6.38. The fraction of sp³-hybridized carbons (Fsp3) is 0.538. The largest absolute Gasteiger partial charge is 0.396 e. The van der Waals surface area contributed by atoms with Gasteiger partial charge in [-0.25, -0.2) is 0 Å². The van der Waals surface area contributed by atoms with Crippen LogP contribution in [0.2, 0.25) is 10.0 Å². The Morgan fingerprint density at radius 1 is 1.24 bits per heavy atom. The maximum absolute atomic E-state index is 5.97. The van der Waals surface area contributed by atoms with Crippen LogP contribution in [0.15, 0.2) is 12.1 Å². The van der Waals surface area contributed by atoms with Crippen LogP contribution in [0.4, 0.5) is 5.69 Å². The van der Waals surface area contributed by atoms with Crippen LogP contribution >= 0.6 is 23.2 Å². The molecule has 0 aliphatic heterocycles. The minimum atomic E-state index is 0.464. The van der Waals surface area contributed by atoms with Crippen LogP contribution in [0.1, 0.15) is 31.2 Å². The lowest BCUT2D eigenvalue weighted by Crippen LogP contribution is -2.14. The normalized spacial score (nSPS) is 15.2. The fourth-order valence-electron chi connectivity index (χ4n) is 1.89. The molecule has 94 valence electrons. The highest BCUT2D eigenvalue weighted by Gasteiger charge is 2.19. The maximum Gasteiger partial charge on any atom is 0.0693 e. The van der Waals surface area contributed by atoms with E-state index in [0.717, 1.165) is 24.6 Å². The predicted molar refractivity (Wildman–Crippen MR) is 74.5 cm³/mol. The molecule has 0 amide bonds. The third-order valence-corrected chi connectivity index (χ3v) is 3.76. The Morgan fingerprint density at radius 3 is 2.47 bits per heavy atom. The number of nitrogens with two attached hydrogens (primary N) is 1. The molecule has 0 unspecified atom stereocenters. The van der Waals surface area contributed by atoms with E-state index in [4.69, 9.17) is 28.9 Å². The van der Waals surface area contributed by atoms with Crippen LogP contribution < -0.4 is 11.1 Å². The van der Waals surface area contributed by atoms with E-state index in [1.54, 1.807) is 0 Å². The van der Waals surface area contributed by atoms with E-state index < -0.39 is 0 Å². The first-order chi connectivity index (χ1) is 8.16. The van der Waals surface area contributed by atoms with Crippen molar-refractivity contribution in [1.29, 1.82) is 0 Å². The average molecular weight is 273 g/mol. The summed E-state index contributed by atoms with van der Waals surface area (Å²) in [5, 5.41) is 4.47. The lowest BCUT2D eigenvalue weighted by atomic mass is 10.2. The van der Waals surface area contributed by atoms with Gasteiger partial charge < -0.3 is 11.1 Å². The van der Waals surface area contributed by atoms with Gasteiger partial charge in [-0.05, 0) is 43.0 Å². The second-order valence-corrected chi connectivity index (χ2v) is 5.55. The Hall–Kier alpha value is -0.440. The van der Waals surface area contributed by atoms with E-state index in [9.17, 15) is 0 Å². The third-order valence-electron chi connectivity index (χ3n) is 3.13. The topological polar surface area (TPSA) is 38.0 Å². The number of hydrogen-bond donors (Lipinski definition) is 2. The highest BCUT2D eigenvalue weighted by atomic mass is 35.5. The monoisotopic (exact) mass is 272 g/mol. The minimum Gasteiger partial charge on any atom is -0.396 e. The Bertz CT molecular complexity index is 366. The van der Waals surface area contributed by atoms with E-state index in [1.807, 2.05) is 12.1 Å². The number of halogens is 2. The fourth-order valence-corrected chi connectivity index (χ4v) is 2.43. The quantitative estimate of drug-likeness (QED) is 0.610. The summed E-state index contributed by atoms with van der Waals surface area (Å²) in [6.45, 7) is 1.85. The molecule has 0 heterocycles. The van der Waals surface area contributed by atoms with Crippen molar-refractivity contribution >= 4 is 28.9 Å². The Kier molecular flexibility index (Phi) is 4.55. The summed E-state index contributed by atoms with van der Waals surface area (Å²) in [6, 6.07) is 3.74. The highest BCUT2D eigenvalue weighted by Crippen LogP contribution is 2.33. The summed E-state index contributed by atoms with van der Waals surface area (Å²) in [5.41, 5.74) is 7.23. The molecule has 1 aliphatic carbocycles. The lowest BCUT2D eigenvalue weighted by molar-refractivity contribution is 0.594. The number of benzene rings is 1. The number of nitrogen functional groups attached to an aromatic ring is 1. The molecule has 1 aromatic carbocycles. The predicted octanol–water partition coefficient (Wildman–Crippen LogP) is 3.86. The lowest BCUT2D eigenvalue weighted by Gasteiger charge is -2.08. The van der Waals surface area contributed by atoms with E-state index in [2.05, 4.69) is 5.32 Å². The molecule has 0 spiro atoms. The van der Waals surface area contributed by atoms with Crippen molar-refractivity contribution in [3.8, 4) is 0 Å². The molecule has 0 atom stereocenters. The van der Waals surface area contributed by atoms with Crippen molar-refractivity contribution in [2.45, 2.75) is 32.2 Å². The van der Waals surface area contributed by atoms with Gasteiger partial charge in [0.25, 0.3) is 0 Å². The molecule has 0 aromatic heterocycles. The van der Waals surface area contributed by atoms with Gasteiger partial charge in [-0.2, -0.15) is 0 Å². The molecule has 1 fully saturated rings. The molecular formula is C13H18Cl2N2. The second kappa shape index (κ2) is 5.94. The van der Waals surface area contributed by atoms with Gasteiger partial charge in [0, 0.05) is 6.54 Å². The zero-order valence-electron chi connectivity index (χ0n) is 9.81. The van der Waals surface area contributed by atoms with Gasteiger partial charge in [0.05, 0.1) is 15.7 Å². The van der Waals surface area contributed by atoms with Gasteiger partial charge in [0.15, 0.2) is 0 Å². The van der Waals surface area contributed by atoms with Crippen LogP contribution in [-0.2, 0) is 6.54 Å². The maximum atomic E-state index is 5.97. The van der Waals surface area contributed by atoms with Crippen molar-refractivity contribution in [3.05, 3.63) is 27.7 Å². The van der Waals surface area contributed by atoms with Crippen molar-refractivity contribution in [2.24, 2.45) is 5.92 Å². The smallest absolute Gasteiger partial charge is 0.0693 e. The first-order valence-electron chi connectivity index (χ1n) is 6.11. The van der Waals surface area contributed by atoms with Crippen LogP contribution in [-0.4, -0.2) is 6.54 Å². The minimum absolute atomic E-state index is 0.464. The molecule has 17 heavy (non-hydrogen) atoms. The van der Waals surface area contributed by atoms with Gasteiger partial charge in [0.1, 0.15) is 0 Å². The summed E-state index contributed by atoms with van der Waals surface area (Å²) in [4.78, 5) is 0. The van der Waals surface area contributed by atoms with Gasteiger partial charge in [-0.15, -0.1) is 0 Å². The van der Waals surface area contributed by atoms with E-state index >= 15 is 0 Å². The molecular weight excluding hydrogens is 255 g/mol. The summed E-state index contributed by atoms with van der Waals surface area (Å²) in [7, 11) is 0. The molecule has 1 saturated carbocycles. The third kappa shape index (κ3) is 4.06. The Morgan fingerprint density at radius 2 is 1.88 bits per heavy atom. The number of anilines is 1. The average Bonchev–Trinajstić information content (AvgIpc) is 3.09.